The van der Waals surface area contributed by atoms with Gasteiger partial charge in [-0.25, -0.2) is 0 Å². The van der Waals surface area contributed by atoms with Gasteiger partial charge >= 0.3 is 0 Å². The van der Waals surface area contributed by atoms with E-state index in [9.17, 15) is 9.90 Å². The zero-order valence-electron chi connectivity index (χ0n) is 16.3. The van der Waals surface area contributed by atoms with Crippen LogP contribution in [0.15, 0.2) is 53.9 Å². The molecule has 1 fully saturated rings. The van der Waals surface area contributed by atoms with Crippen LogP contribution in [0.3, 0.4) is 0 Å². The minimum atomic E-state index is -0.458. The van der Waals surface area contributed by atoms with E-state index in [1.54, 1.807) is 11.3 Å². The second-order valence-corrected chi connectivity index (χ2v) is 8.47. The lowest BCUT2D eigenvalue weighted by Crippen LogP contribution is -2.40. The average molecular weight is 395 g/mol. The highest BCUT2D eigenvalue weighted by Gasteiger charge is 2.30. The van der Waals surface area contributed by atoms with Gasteiger partial charge < -0.3 is 14.6 Å². The molecule has 0 radical (unpaired) electrons. The van der Waals surface area contributed by atoms with Crippen molar-refractivity contribution in [3.05, 3.63) is 76.4 Å². The highest BCUT2D eigenvalue weighted by molar-refractivity contribution is 7.13. The first-order chi connectivity index (χ1) is 13.6. The molecule has 1 unspecified atom stereocenters. The summed E-state index contributed by atoms with van der Waals surface area (Å²) in [6.45, 7) is 5.51. The number of carbonyl (C=O) groups excluding carboxylic acids is 1. The van der Waals surface area contributed by atoms with Gasteiger partial charge in [0.05, 0.1) is 11.7 Å². The van der Waals surface area contributed by atoms with Crippen molar-refractivity contribution in [2.24, 2.45) is 5.92 Å². The Balaban J connectivity index is 1.46. The number of aliphatic hydroxyl groups is 1. The first-order valence-corrected chi connectivity index (χ1v) is 10.7. The Bertz CT molecular complexity index is 933. The molecule has 1 aromatic carbocycles. The molecule has 1 N–H and O–H groups in total. The smallest absolute Gasteiger partial charge is 0.256 e. The molecule has 5 heteroatoms. The summed E-state index contributed by atoms with van der Waals surface area (Å²) in [6, 6.07) is 15.9. The third-order valence-electron chi connectivity index (χ3n) is 5.76. The van der Waals surface area contributed by atoms with Gasteiger partial charge in [-0.15, -0.1) is 11.3 Å². The molecule has 4 nitrogen and oxygen atoms in total. The summed E-state index contributed by atoms with van der Waals surface area (Å²) in [6.07, 6.45) is 1.19. The summed E-state index contributed by atoms with van der Waals surface area (Å²) in [5.41, 5.74) is 4.01. The summed E-state index contributed by atoms with van der Waals surface area (Å²) in [5, 5.41) is 13.7. The van der Waals surface area contributed by atoms with Crippen molar-refractivity contribution in [3.63, 3.8) is 0 Å². The molecule has 1 amide bonds. The summed E-state index contributed by atoms with van der Waals surface area (Å²) < 4.78 is 2.16. The highest BCUT2D eigenvalue weighted by atomic mass is 32.1. The molecular formula is C23H26N2O2S. The minimum Gasteiger partial charge on any atom is -0.388 e. The molecule has 2 aromatic heterocycles. The quantitative estimate of drug-likeness (QED) is 0.695. The van der Waals surface area contributed by atoms with E-state index < -0.39 is 6.10 Å². The van der Waals surface area contributed by atoms with Crippen LogP contribution < -0.4 is 0 Å². The third-order valence-corrected chi connectivity index (χ3v) is 6.66. The van der Waals surface area contributed by atoms with Gasteiger partial charge in [-0.05, 0) is 61.7 Å². The number of rotatable bonds is 4. The Labute approximate surface area is 170 Å². The zero-order valence-corrected chi connectivity index (χ0v) is 17.2. The molecule has 1 aliphatic rings. The van der Waals surface area contributed by atoms with Crippen LogP contribution in [-0.4, -0.2) is 33.6 Å². The average Bonchev–Trinajstić information content (AvgIpc) is 3.33. The van der Waals surface area contributed by atoms with Crippen molar-refractivity contribution in [1.82, 2.24) is 9.47 Å². The van der Waals surface area contributed by atoms with Crippen LogP contribution in [0.2, 0.25) is 0 Å². The maximum absolute atomic E-state index is 13.2. The van der Waals surface area contributed by atoms with E-state index >= 15 is 0 Å². The Kier molecular flexibility index (Phi) is 5.38. The number of aromatic nitrogens is 1. The molecule has 28 heavy (non-hydrogen) atoms. The largest absolute Gasteiger partial charge is 0.388 e. The van der Waals surface area contributed by atoms with E-state index in [1.807, 2.05) is 46.7 Å². The maximum Gasteiger partial charge on any atom is 0.256 e. The lowest BCUT2D eigenvalue weighted by atomic mass is 9.87. The van der Waals surface area contributed by atoms with Crippen molar-refractivity contribution in [3.8, 4) is 5.00 Å². The number of amides is 1. The van der Waals surface area contributed by atoms with Gasteiger partial charge in [0, 0.05) is 24.5 Å². The van der Waals surface area contributed by atoms with Gasteiger partial charge in [0.2, 0.25) is 0 Å². The monoisotopic (exact) mass is 394 g/mol. The Hall–Kier alpha value is -2.37. The van der Waals surface area contributed by atoms with Gasteiger partial charge in [-0.3, -0.25) is 4.79 Å². The van der Waals surface area contributed by atoms with E-state index in [1.165, 1.54) is 0 Å². The van der Waals surface area contributed by atoms with Crippen molar-refractivity contribution < 1.29 is 9.90 Å². The second-order valence-electron chi connectivity index (χ2n) is 7.58. The van der Waals surface area contributed by atoms with Gasteiger partial charge in [-0.1, -0.05) is 30.3 Å². The van der Waals surface area contributed by atoms with E-state index in [4.69, 9.17) is 0 Å². The van der Waals surface area contributed by atoms with Gasteiger partial charge in [-0.2, -0.15) is 0 Å². The fourth-order valence-corrected chi connectivity index (χ4v) is 5.15. The van der Waals surface area contributed by atoms with E-state index in [-0.39, 0.29) is 11.8 Å². The Morgan fingerprint density at radius 1 is 1.04 bits per heavy atom. The summed E-state index contributed by atoms with van der Waals surface area (Å²) in [4.78, 5) is 15.1. The van der Waals surface area contributed by atoms with Crippen LogP contribution in [0.5, 0.6) is 0 Å². The number of benzene rings is 1. The Morgan fingerprint density at radius 2 is 1.68 bits per heavy atom. The van der Waals surface area contributed by atoms with E-state index in [0.29, 0.717) is 13.1 Å². The van der Waals surface area contributed by atoms with Crippen LogP contribution in [0.1, 0.15) is 46.3 Å². The summed E-state index contributed by atoms with van der Waals surface area (Å²) in [7, 11) is 0. The number of hydrogen-bond acceptors (Lipinski definition) is 3. The molecule has 3 heterocycles. The number of nitrogens with zero attached hydrogens (tertiary/aromatic N) is 2. The van der Waals surface area contributed by atoms with Crippen molar-refractivity contribution >= 4 is 17.2 Å². The Morgan fingerprint density at radius 3 is 2.32 bits per heavy atom. The molecule has 146 valence electrons. The van der Waals surface area contributed by atoms with Gasteiger partial charge in [0.1, 0.15) is 5.00 Å². The van der Waals surface area contributed by atoms with Crippen molar-refractivity contribution in [1.29, 1.82) is 0 Å². The van der Waals surface area contributed by atoms with E-state index in [2.05, 4.69) is 30.5 Å². The topological polar surface area (TPSA) is 45.5 Å². The molecular weight excluding hydrogens is 368 g/mol. The predicted octanol–water partition coefficient (Wildman–Crippen LogP) is 4.74. The minimum absolute atomic E-state index is 0.0939. The molecule has 4 rings (SSSR count). The SMILES string of the molecule is Cc1ccc(C)n1-c1sccc1C(=O)N1CCC(C(O)c2ccccc2)CC1. The third kappa shape index (κ3) is 3.52. The lowest BCUT2D eigenvalue weighted by molar-refractivity contribution is 0.0462. The number of piperidine rings is 1. The molecule has 1 saturated heterocycles. The number of aliphatic hydroxyl groups excluding tert-OH is 1. The number of aryl methyl sites for hydroxylation is 2. The predicted molar refractivity (Wildman–Crippen MR) is 113 cm³/mol. The number of carbonyl (C=O) groups is 1. The van der Waals surface area contributed by atoms with Crippen molar-refractivity contribution in [2.75, 3.05) is 13.1 Å². The first-order valence-electron chi connectivity index (χ1n) is 9.81. The maximum atomic E-state index is 13.2. The zero-order chi connectivity index (χ0) is 19.7. The van der Waals surface area contributed by atoms with Crippen LogP contribution in [0.4, 0.5) is 0 Å². The van der Waals surface area contributed by atoms with Crippen LogP contribution in [0.25, 0.3) is 5.00 Å². The highest BCUT2D eigenvalue weighted by Crippen LogP contribution is 2.32. The number of thiophene rings is 1. The first kappa shape index (κ1) is 19.0. The second kappa shape index (κ2) is 7.94. The standard InChI is InChI=1S/C23H26N2O2S/c1-16-8-9-17(2)25(16)23-20(12-15-28-23)22(27)24-13-10-19(11-14-24)21(26)18-6-4-3-5-7-18/h3-9,12,15,19,21,26H,10-11,13-14H2,1-2H3. The van der Waals surface area contributed by atoms with Crippen molar-refractivity contribution in [2.45, 2.75) is 32.8 Å². The molecule has 0 aliphatic carbocycles. The molecule has 1 aliphatic heterocycles. The fraction of sp³-hybridized carbons (Fsp3) is 0.348. The number of hydrogen-bond donors (Lipinski definition) is 1. The molecule has 0 spiro atoms. The van der Waals surface area contributed by atoms with Gasteiger partial charge in [0.15, 0.2) is 0 Å². The lowest BCUT2D eigenvalue weighted by Gasteiger charge is -2.34. The van der Waals surface area contributed by atoms with Gasteiger partial charge in [0.25, 0.3) is 5.91 Å². The van der Waals surface area contributed by atoms with Crippen LogP contribution in [-0.2, 0) is 0 Å². The molecule has 1 atom stereocenters. The normalized spacial score (nSPS) is 16.3. The van der Waals surface area contributed by atoms with Crippen LogP contribution >= 0.6 is 11.3 Å². The summed E-state index contributed by atoms with van der Waals surface area (Å²) in [5.74, 6) is 0.290. The molecule has 0 bridgehead atoms. The fourth-order valence-electron chi connectivity index (χ4n) is 4.14. The van der Waals surface area contributed by atoms with E-state index in [0.717, 1.165) is 40.4 Å². The number of likely N-dealkylation sites (tertiary alicyclic amines) is 1. The summed E-state index contributed by atoms with van der Waals surface area (Å²) >= 11 is 1.61. The molecule has 0 saturated carbocycles. The van der Waals surface area contributed by atoms with Crippen LogP contribution in [0, 0.1) is 19.8 Å². The molecule has 3 aromatic rings.